The summed E-state index contributed by atoms with van der Waals surface area (Å²) < 4.78 is 0. The Labute approximate surface area is 126 Å². The number of hydrogen-bond donors (Lipinski definition) is 0. The molecule has 4 rings (SSSR count). The smallest absolute Gasteiger partial charge is 0.00132 e. The molecule has 0 aliphatic heterocycles. The number of rotatable bonds is 2. The molecule has 0 spiro atoms. The normalized spacial score (nSPS) is 15.3. The van der Waals surface area contributed by atoms with E-state index in [0.29, 0.717) is 5.92 Å². The molecule has 0 saturated carbocycles. The Morgan fingerprint density at radius 3 is 2.52 bits per heavy atom. The fourth-order valence-electron chi connectivity index (χ4n) is 3.60. The van der Waals surface area contributed by atoms with E-state index in [4.69, 9.17) is 0 Å². The second-order valence-corrected chi connectivity index (χ2v) is 6.41. The van der Waals surface area contributed by atoms with Gasteiger partial charge in [0.25, 0.3) is 0 Å². The molecule has 0 unspecified atom stereocenters. The third kappa shape index (κ3) is 1.98. The molecule has 0 heterocycles. The Morgan fingerprint density at radius 2 is 1.76 bits per heavy atom. The minimum absolute atomic E-state index is 0.555. The first-order valence-corrected chi connectivity index (χ1v) is 7.85. The standard InChI is InChI=1S/C21H20/c1-14(2)19-13-21-17(11-16-9-5-6-10-18(16)21)12-20(19)15-7-3-4-8-15/h3-7,9-10,12-14H,8,11H2,1-2H3. The summed E-state index contributed by atoms with van der Waals surface area (Å²) in [5.41, 5.74) is 10.3. The second-order valence-electron chi connectivity index (χ2n) is 6.41. The number of benzene rings is 2. The van der Waals surface area contributed by atoms with Gasteiger partial charge in [0, 0.05) is 0 Å². The van der Waals surface area contributed by atoms with Crippen molar-refractivity contribution in [1.29, 1.82) is 0 Å². The van der Waals surface area contributed by atoms with Crippen molar-refractivity contribution >= 4 is 5.57 Å². The van der Waals surface area contributed by atoms with Crippen molar-refractivity contribution in [2.45, 2.75) is 32.6 Å². The molecular formula is C21H20. The van der Waals surface area contributed by atoms with Crippen LogP contribution in [0.1, 0.15) is 48.4 Å². The minimum atomic E-state index is 0.555. The molecule has 0 amide bonds. The molecular weight excluding hydrogens is 252 g/mol. The van der Waals surface area contributed by atoms with E-state index >= 15 is 0 Å². The molecule has 0 saturated heterocycles. The Kier molecular flexibility index (Phi) is 2.85. The maximum Gasteiger partial charge on any atom is -0.00132 e. The fourth-order valence-corrected chi connectivity index (χ4v) is 3.60. The van der Waals surface area contributed by atoms with Gasteiger partial charge in [0.1, 0.15) is 0 Å². The molecule has 2 aliphatic rings. The molecule has 0 heteroatoms. The van der Waals surface area contributed by atoms with Gasteiger partial charge in [0.05, 0.1) is 0 Å². The van der Waals surface area contributed by atoms with Crippen LogP contribution in [-0.2, 0) is 6.42 Å². The Balaban J connectivity index is 1.91. The Hall–Kier alpha value is -2.08. The number of fused-ring (bicyclic) bond motifs is 3. The van der Waals surface area contributed by atoms with Crippen LogP contribution in [-0.4, -0.2) is 0 Å². The van der Waals surface area contributed by atoms with Gasteiger partial charge in [0.2, 0.25) is 0 Å². The van der Waals surface area contributed by atoms with Crippen LogP contribution in [0.2, 0.25) is 0 Å². The molecule has 2 aromatic carbocycles. The summed E-state index contributed by atoms with van der Waals surface area (Å²) in [7, 11) is 0. The lowest BCUT2D eigenvalue weighted by molar-refractivity contribution is 0.861. The predicted octanol–water partition coefficient (Wildman–Crippen LogP) is 5.72. The summed E-state index contributed by atoms with van der Waals surface area (Å²) in [6, 6.07) is 13.7. The number of allylic oxidation sites excluding steroid dienone is 4. The number of hydrogen-bond acceptors (Lipinski definition) is 0. The summed E-state index contributed by atoms with van der Waals surface area (Å²) in [6.45, 7) is 4.60. The third-order valence-electron chi connectivity index (χ3n) is 4.70. The van der Waals surface area contributed by atoms with E-state index in [1.54, 1.807) is 0 Å². The lowest BCUT2D eigenvalue weighted by Gasteiger charge is -2.17. The van der Waals surface area contributed by atoms with Gasteiger partial charge in [-0.15, -0.1) is 0 Å². The quantitative estimate of drug-likeness (QED) is 0.559. The van der Waals surface area contributed by atoms with Gasteiger partial charge in [-0.25, -0.2) is 0 Å². The van der Waals surface area contributed by atoms with E-state index in [-0.39, 0.29) is 0 Å². The lowest BCUT2D eigenvalue weighted by atomic mass is 9.88. The minimum Gasteiger partial charge on any atom is -0.0801 e. The van der Waals surface area contributed by atoms with Crippen LogP contribution in [0.15, 0.2) is 54.6 Å². The molecule has 21 heavy (non-hydrogen) atoms. The maximum absolute atomic E-state index is 2.45. The highest BCUT2D eigenvalue weighted by Crippen LogP contribution is 2.41. The summed E-state index contributed by atoms with van der Waals surface area (Å²) in [6.07, 6.45) is 8.86. The van der Waals surface area contributed by atoms with Crippen LogP contribution >= 0.6 is 0 Å². The topological polar surface area (TPSA) is 0 Å². The lowest BCUT2D eigenvalue weighted by Crippen LogP contribution is -1.98. The van der Waals surface area contributed by atoms with Gasteiger partial charge in [0.15, 0.2) is 0 Å². The molecule has 2 aliphatic carbocycles. The monoisotopic (exact) mass is 272 g/mol. The van der Waals surface area contributed by atoms with Crippen LogP contribution in [0.4, 0.5) is 0 Å². The van der Waals surface area contributed by atoms with E-state index < -0.39 is 0 Å². The summed E-state index contributed by atoms with van der Waals surface area (Å²) in [4.78, 5) is 0. The third-order valence-corrected chi connectivity index (χ3v) is 4.70. The van der Waals surface area contributed by atoms with Gasteiger partial charge in [-0.3, -0.25) is 0 Å². The first kappa shape index (κ1) is 12.6. The molecule has 104 valence electrons. The summed E-state index contributed by atoms with van der Waals surface area (Å²) >= 11 is 0. The van der Waals surface area contributed by atoms with E-state index in [1.807, 2.05) is 0 Å². The van der Waals surface area contributed by atoms with Crippen LogP contribution in [0.25, 0.3) is 16.7 Å². The van der Waals surface area contributed by atoms with Crippen molar-refractivity contribution in [2.75, 3.05) is 0 Å². The zero-order valence-corrected chi connectivity index (χ0v) is 12.7. The van der Waals surface area contributed by atoms with Gasteiger partial charge in [-0.05, 0) is 63.8 Å². The Morgan fingerprint density at radius 1 is 0.905 bits per heavy atom. The first-order chi connectivity index (χ1) is 10.2. The van der Waals surface area contributed by atoms with Crippen molar-refractivity contribution in [2.24, 2.45) is 0 Å². The zero-order chi connectivity index (χ0) is 14.4. The SMILES string of the molecule is CC(C)c1cc2c(cc1C1=CC=CC1)Cc1ccccc1-2. The van der Waals surface area contributed by atoms with Gasteiger partial charge in [-0.1, -0.05) is 62.4 Å². The largest absolute Gasteiger partial charge is 0.0801 e. The van der Waals surface area contributed by atoms with Gasteiger partial charge < -0.3 is 0 Å². The fraction of sp³-hybridized carbons (Fsp3) is 0.238. The maximum atomic E-state index is 2.45. The van der Waals surface area contributed by atoms with Crippen molar-refractivity contribution < 1.29 is 0 Å². The van der Waals surface area contributed by atoms with Crippen LogP contribution in [0.5, 0.6) is 0 Å². The molecule has 0 bridgehead atoms. The highest BCUT2D eigenvalue weighted by molar-refractivity contribution is 5.82. The summed E-state index contributed by atoms with van der Waals surface area (Å²) in [5, 5.41) is 0. The molecule has 0 fully saturated rings. The van der Waals surface area contributed by atoms with Crippen molar-refractivity contribution in [1.82, 2.24) is 0 Å². The zero-order valence-electron chi connectivity index (χ0n) is 12.7. The van der Waals surface area contributed by atoms with E-state index in [0.717, 1.165) is 12.8 Å². The average molecular weight is 272 g/mol. The average Bonchev–Trinajstić information content (AvgIpc) is 3.13. The van der Waals surface area contributed by atoms with Crippen LogP contribution in [0, 0.1) is 0 Å². The van der Waals surface area contributed by atoms with Crippen molar-refractivity contribution in [3.8, 4) is 11.1 Å². The van der Waals surface area contributed by atoms with Gasteiger partial charge in [-0.2, -0.15) is 0 Å². The predicted molar refractivity (Wildman–Crippen MR) is 90.5 cm³/mol. The molecule has 0 nitrogen and oxygen atoms in total. The van der Waals surface area contributed by atoms with Gasteiger partial charge >= 0.3 is 0 Å². The van der Waals surface area contributed by atoms with Crippen LogP contribution < -0.4 is 0 Å². The molecule has 2 aromatic rings. The molecule has 0 radical (unpaired) electrons. The van der Waals surface area contributed by atoms with E-state index in [9.17, 15) is 0 Å². The summed E-state index contributed by atoms with van der Waals surface area (Å²) in [5.74, 6) is 0.555. The first-order valence-electron chi connectivity index (χ1n) is 7.85. The van der Waals surface area contributed by atoms with Crippen LogP contribution in [0.3, 0.4) is 0 Å². The highest BCUT2D eigenvalue weighted by atomic mass is 14.3. The highest BCUT2D eigenvalue weighted by Gasteiger charge is 2.22. The second kappa shape index (κ2) is 4.73. The molecule has 0 atom stereocenters. The van der Waals surface area contributed by atoms with Crippen molar-refractivity contribution in [3.05, 3.63) is 76.9 Å². The Bertz CT molecular complexity index is 773. The van der Waals surface area contributed by atoms with Crippen molar-refractivity contribution in [3.63, 3.8) is 0 Å². The molecule has 0 aromatic heterocycles. The molecule has 0 N–H and O–H groups in total. The van der Waals surface area contributed by atoms with E-state index in [1.165, 1.54) is 39.0 Å². The van der Waals surface area contributed by atoms with E-state index in [2.05, 4.69) is 68.5 Å².